The summed E-state index contributed by atoms with van der Waals surface area (Å²) in [4.78, 5) is 11.2. The van der Waals surface area contributed by atoms with E-state index in [4.69, 9.17) is 4.74 Å². The third-order valence-electron chi connectivity index (χ3n) is 3.82. The Hall–Kier alpha value is -0.530. The van der Waals surface area contributed by atoms with E-state index in [2.05, 4.69) is 20.8 Å². The molecule has 18 heavy (non-hydrogen) atoms. The molecule has 0 aliphatic rings. The summed E-state index contributed by atoms with van der Waals surface area (Å²) in [6, 6.07) is 0. The zero-order valence-electron chi connectivity index (χ0n) is 13.0. The first-order valence-electron chi connectivity index (χ1n) is 7.70. The normalized spacial score (nSPS) is 16.1. The molecule has 0 aromatic rings. The van der Waals surface area contributed by atoms with Gasteiger partial charge in [-0.1, -0.05) is 59.8 Å². The van der Waals surface area contributed by atoms with Gasteiger partial charge in [-0.05, 0) is 25.2 Å². The fourth-order valence-electron chi connectivity index (χ4n) is 2.08. The van der Waals surface area contributed by atoms with Gasteiger partial charge in [-0.15, -0.1) is 0 Å². The third kappa shape index (κ3) is 8.54. The average molecular weight is 256 g/mol. The Kier molecular flexibility index (Phi) is 10.1. The Bertz CT molecular complexity index is 213. The molecule has 0 aliphatic carbocycles. The van der Waals surface area contributed by atoms with E-state index in [9.17, 15) is 4.79 Å². The molecular formula is C16H32O2. The van der Waals surface area contributed by atoms with E-state index in [0.29, 0.717) is 12.3 Å². The van der Waals surface area contributed by atoms with Crippen molar-refractivity contribution in [2.45, 2.75) is 85.7 Å². The third-order valence-corrected chi connectivity index (χ3v) is 3.82. The lowest BCUT2D eigenvalue weighted by atomic mass is 9.92. The molecule has 0 N–H and O–H groups in total. The number of hydrogen-bond donors (Lipinski definition) is 0. The molecule has 0 saturated heterocycles. The highest BCUT2D eigenvalue weighted by Gasteiger charge is 2.16. The summed E-state index contributed by atoms with van der Waals surface area (Å²) in [5.74, 6) is 1.19. The number of ether oxygens (including phenoxy) is 1. The first-order valence-corrected chi connectivity index (χ1v) is 7.70. The van der Waals surface area contributed by atoms with Gasteiger partial charge in [0.15, 0.2) is 0 Å². The number of carbonyl (C=O) groups is 1. The summed E-state index contributed by atoms with van der Waals surface area (Å²) in [7, 11) is 0. The van der Waals surface area contributed by atoms with E-state index in [-0.39, 0.29) is 12.1 Å². The molecule has 0 aromatic heterocycles. The lowest BCUT2D eigenvalue weighted by Crippen LogP contribution is -2.22. The molecular weight excluding hydrogens is 224 g/mol. The van der Waals surface area contributed by atoms with Crippen molar-refractivity contribution < 1.29 is 9.53 Å². The second-order valence-electron chi connectivity index (χ2n) is 5.70. The molecule has 0 radical (unpaired) electrons. The summed E-state index contributed by atoms with van der Waals surface area (Å²) < 4.78 is 5.35. The monoisotopic (exact) mass is 256 g/mol. The van der Waals surface area contributed by atoms with Crippen molar-refractivity contribution >= 4 is 5.97 Å². The predicted octanol–water partition coefficient (Wildman–Crippen LogP) is 4.96. The first-order chi connectivity index (χ1) is 8.51. The van der Waals surface area contributed by atoms with Crippen molar-refractivity contribution in [2.24, 2.45) is 11.8 Å². The molecule has 0 bridgehead atoms. The number of hydrogen-bond acceptors (Lipinski definition) is 2. The fraction of sp³-hybridized carbons (Fsp3) is 0.938. The van der Waals surface area contributed by atoms with Crippen LogP contribution in [0.3, 0.4) is 0 Å². The van der Waals surface area contributed by atoms with Crippen molar-refractivity contribution in [3.05, 3.63) is 0 Å². The zero-order chi connectivity index (χ0) is 14.0. The van der Waals surface area contributed by atoms with Gasteiger partial charge in [0, 0.05) is 6.42 Å². The zero-order valence-corrected chi connectivity index (χ0v) is 13.0. The minimum absolute atomic E-state index is 0.0558. The van der Waals surface area contributed by atoms with Gasteiger partial charge in [-0.3, -0.25) is 4.79 Å². The van der Waals surface area contributed by atoms with Crippen molar-refractivity contribution in [1.29, 1.82) is 0 Å². The lowest BCUT2D eigenvalue weighted by Gasteiger charge is -2.21. The van der Waals surface area contributed by atoms with Gasteiger partial charge in [-0.2, -0.15) is 0 Å². The molecule has 0 aliphatic heterocycles. The number of carbonyl (C=O) groups excluding carboxylic acids is 1. The van der Waals surface area contributed by atoms with Crippen molar-refractivity contribution in [3.8, 4) is 0 Å². The highest BCUT2D eigenvalue weighted by atomic mass is 16.5. The van der Waals surface area contributed by atoms with Crippen LogP contribution in [0.25, 0.3) is 0 Å². The lowest BCUT2D eigenvalue weighted by molar-refractivity contribution is -0.150. The molecule has 0 aromatic carbocycles. The van der Waals surface area contributed by atoms with Gasteiger partial charge in [0.25, 0.3) is 0 Å². The molecule has 2 nitrogen and oxygen atoms in total. The Morgan fingerprint density at radius 3 is 2.22 bits per heavy atom. The van der Waals surface area contributed by atoms with Crippen LogP contribution in [0.4, 0.5) is 0 Å². The van der Waals surface area contributed by atoms with Crippen molar-refractivity contribution in [1.82, 2.24) is 0 Å². The largest absolute Gasteiger partial charge is 0.462 e. The van der Waals surface area contributed by atoms with Crippen LogP contribution in [0.15, 0.2) is 0 Å². The molecule has 0 spiro atoms. The summed E-state index contributed by atoms with van der Waals surface area (Å²) in [5.41, 5.74) is 0. The minimum Gasteiger partial charge on any atom is -0.462 e. The summed E-state index contributed by atoms with van der Waals surface area (Å²) in [6.45, 7) is 10.6. The molecule has 108 valence electrons. The molecule has 0 heterocycles. The van der Waals surface area contributed by atoms with Gasteiger partial charge in [0.1, 0.15) is 6.10 Å². The van der Waals surface area contributed by atoms with E-state index >= 15 is 0 Å². The van der Waals surface area contributed by atoms with E-state index < -0.39 is 0 Å². The fourth-order valence-corrected chi connectivity index (χ4v) is 2.08. The second kappa shape index (κ2) is 10.4. The van der Waals surface area contributed by atoms with Gasteiger partial charge in [0.05, 0.1) is 0 Å². The Balaban J connectivity index is 3.73. The molecule has 0 unspecified atom stereocenters. The van der Waals surface area contributed by atoms with Crippen LogP contribution in [0.5, 0.6) is 0 Å². The highest BCUT2D eigenvalue weighted by molar-refractivity contribution is 5.69. The number of esters is 1. The van der Waals surface area contributed by atoms with Crippen molar-refractivity contribution in [3.63, 3.8) is 0 Å². The van der Waals surface area contributed by atoms with Crippen LogP contribution in [0.2, 0.25) is 0 Å². The molecule has 0 fully saturated rings. The van der Waals surface area contributed by atoms with E-state index in [1.807, 2.05) is 13.8 Å². The van der Waals surface area contributed by atoms with E-state index in [1.54, 1.807) is 0 Å². The predicted molar refractivity (Wildman–Crippen MR) is 77.5 cm³/mol. The molecule has 0 saturated carbocycles. The first kappa shape index (κ1) is 17.5. The van der Waals surface area contributed by atoms with Gasteiger partial charge in [0.2, 0.25) is 0 Å². The minimum atomic E-state index is -0.0784. The SMILES string of the molecule is CCCCC[C@@H](C)CC[C@@H](C)[C@H](C)OC(=O)CC. The van der Waals surface area contributed by atoms with Crippen LogP contribution in [0.1, 0.15) is 79.6 Å². The second-order valence-corrected chi connectivity index (χ2v) is 5.70. The average Bonchev–Trinajstić information content (AvgIpc) is 2.35. The van der Waals surface area contributed by atoms with Crippen LogP contribution in [-0.4, -0.2) is 12.1 Å². The molecule has 3 atom stereocenters. The van der Waals surface area contributed by atoms with Crippen LogP contribution in [0, 0.1) is 11.8 Å². The van der Waals surface area contributed by atoms with Crippen molar-refractivity contribution in [2.75, 3.05) is 0 Å². The van der Waals surface area contributed by atoms with Crippen LogP contribution >= 0.6 is 0 Å². The van der Waals surface area contributed by atoms with Gasteiger partial charge < -0.3 is 4.74 Å². The topological polar surface area (TPSA) is 26.3 Å². The molecule has 0 amide bonds. The Morgan fingerprint density at radius 1 is 1.00 bits per heavy atom. The molecule has 0 rings (SSSR count). The summed E-state index contributed by atoms with van der Waals surface area (Å²) >= 11 is 0. The molecule has 2 heteroatoms. The quantitative estimate of drug-likeness (QED) is 0.408. The van der Waals surface area contributed by atoms with Gasteiger partial charge in [-0.25, -0.2) is 0 Å². The maximum atomic E-state index is 11.2. The number of unbranched alkanes of at least 4 members (excludes halogenated alkanes) is 2. The van der Waals surface area contributed by atoms with Crippen LogP contribution in [-0.2, 0) is 9.53 Å². The summed E-state index contributed by atoms with van der Waals surface area (Å²) in [5, 5.41) is 0. The smallest absolute Gasteiger partial charge is 0.305 e. The highest BCUT2D eigenvalue weighted by Crippen LogP contribution is 2.21. The van der Waals surface area contributed by atoms with E-state index in [1.165, 1.54) is 32.1 Å². The maximum absolute atomic E-state index is 11.2. The maximum Gasteiger partial charge on any atom is 0.305 e. The number of rotatable bonds is 10. The van der Waals surface area contributed by atoms with Gasteiger partial charge >= 0.3 is 5.97 Å². The Morgan fingerprint density at radius 2 is 1.67 bits per heavy atom. The Labute approximate surface area is 113 Å². The standard InChI is InChI=1S/C16H32O2/c1-6-8-9-10-13(3)11-12-14(4)15(5)18-16(17)7-2/h13-15H,6-12H2,1-5H3/t13-,14-,15+/m1/s1. The van der Waals surface area contributed by atoms with Crippen LogP contribution < -0.4 is 0 Å². The van der Waals surface area contributed by atoms with E-state index in [0.717, 1.165) is 12.3 Å². The summed E-state index contributed by atoms with van der Waals surface area (Å²) in [6.07, 6.45) is 8.28.